The van der Waals surface area contributed by atoms with Gasteiger partial charge in [-0.1, -0.05) is 48.5 Å². The van der Waals surface area contributed by atoms with Crippen LogP contribution in [0, 0.1) is 0 Å². The first-order chi connectivity index (χ1) is 16.3. The van der Waals surface area contributed by atoms with Crippen LogP contribution in [0.4, 0.5) is 0 Å². The van der Waals surface area contributed by atoms with Gasteiger partial charge in [0, 0.05) is 44.1 Å². The van der Waals surface area contributed by atoms with E-state index >= 15 is 0 Å². The summed E-state index contributed by atoms with van der Waals surface area (Å²) in [6.45, 7) is 0. The minimum atomic E-state index is 0.838. The molecule has 0 aliphatic rings. The highest BCUT2D eigenvalue weighted by Gasteiger charge is 2.10. The summed E-state index contributed by atoms with van der Waals surface area (Å²) in [6, 6.07) is 30.4. The van der Waals surface area contributed by atoms with Crippen LogP contribution < -0.4 is 0 Å². The Morgan fingerprint density at radius 1 is 0.485 bits per heavy atom. The van der Waals surface area contributed by atoms with Gasteiger partial charge in [-0.25, -0.2) is 0 Å². The zero-order chi connectivity index (χ0) is 21.8. The first kappa shape index (κ1) is 18.4. The number of hydrogen-bond donors (Lipinski definition) is 0. The molecule has 3 nitrogen and oxygen atoms in total. The van der Waals surface area contributed by atoms with Crippen molar-refractivity contribution in [3.63, 3.8) is 0 Å². The Kier molecular flexibility index (Phi) is 4.01. The second-order valence-corrected chi connectivity index (χ2v) is 9.21. The van der Waals surface area contributed by atoms with Crippen LogP contribution in [0.1, 0.15) is 0 Å². The third-order valence-corrected chi connectivity index (χ3v) is 7.41. The fourth-order valence-corrected chi connectivity index (χ4v) is 5.73. The largest absolute Gasteiger partial charge is 0.254 e. The molecule has 0 unspecified atom stereocenters. The molecule has 4 heteroatoms. The predicted molar refractivity (Wildman–Crippen MR) is 139 cm³/mol. The molecule has 4 aromatic carbocycles. The molecule has 3 heterocycles. The molecular weight excluding hydrogens is 422 g/mol. The molecule has 0 atom stereocenters. The van der Waals surface area contributed by atoms with E-state index in [0.29, 0.717) is 0 Å². The van der Waals surface area contributed by atoms with Gasteiger partial charge in [0.15, 0.2) is 0 Å². The molecule has 33 heavy (non-hydrogen) atoms. The SMILES string of the molecule is c1ccc2c(c1)sc1ccc(-c3ccc(-c4ccnc5c4ccc4nccnc45)cc3)cc12. The molecule has 3 aromatic heterocycles. The molecule has 0 spiro atoms. The average Bonchev–Trinajstić information content (AvgIpc) is 3.26. The number of fused-ring (bicyclic) bond motifs is 6. The third kappa shape index (κ3) is 2.92. The Labute approximate surface area is 194 Å². The van der Waals surface area contributed by atoms with Gasteiger partial charge in [0.2, 0.25) is 0 Å². The van der Waals surface area contributed by atoms with Crippen LogP contribution in [0.3, 0.4) is 0 Å². The summed E-state index contributed by atoms with van der Waals surface area (Å²) in [6.07, 6.45) is 5.29. The van der Waals surface area contributed by atoms with Gasteiger partial charge in [0.25, 0.3) is 0 Å². The van der Waals surface area contributed by atoms with Crippen molar-refractivity contribution in [3.8, 4) is 22.3 Å². The van der Waals surface area contributed by atoms with Gasteiger partial charge in [0.1, 0.15) is 5.52 Å². The average molecular weight is 440 g/mol. The van der Waals surface area contributed by atoms with E-state index in [-0.39, 0.29) is 0 Å². The van der Waals surface area contributed by atoms with E-state index in [1.54, 1.807) is 12.4 Å². The van der Waals surface area contributed by atoms with E-state index in [9.17, 15) is 0 Å². The van der Waals surface area contributed by atoms with Crippen LogP contribution in [-0.2, 0) is 0 Å². The maximum Gasteiger partial charge on any atom is 0.115 e. The molecule has 0 aliphatic heterocycles. The summed E-state index contributed by atoms with van der Waals surface area (Å²) in [7, 11) is 0. The van der Waals surface area contributed by atoms with Gasteiger partial charge in [-0.05, 0) is 58.7 Å². The number of nitrogens with zero attached hydrogens (tertiary/aromatic N) is 3. The molecule has 0 fully saturated rings. The van der Waals surface area contributed by atoms with Gasteiger partial charge in [-0.2, -0.15) is 0 Å². The first-order valence-electron chi connectivity index (χ1n) is 10.9. The smallest absolute Gasteiger partial charge is 0.115 e. The lowest BCUT2D eigenvalue weighted by Crippen LogP contribution is -1.89. The van der Waals surface area contributed by atoms with Crippen LogP contribution >= 0.6 is 11.3 Å². The van der Waals surface area contributed by atoms with Crippen molar-refractivity contribution in [1.29, 1.82) is 0 Å². The lowest BCUT2D eigenvalue weighted by Gasteiger charge is -2.09. The molecule has 0 saturated heterocycles. The van der Waals surface area contributed by atoms with Crippen molar-refractivity contribution in [2.75, 3.05) is 0 Å². The highest BCUT2D eigenvalue weighted by Crippen LogP contribution is 2.37. The van der Waals surface area contributed by atoms with Crippen molar-refractivity contribution in [2.24, 2.45) is 0 Å². The highest BCUT2D eigenvalue weighted by atomic mass is 32.1. The fraction of sp³-hybridized carbons (Fsp3) is 0. The summed E-state index contributed by atoms with van der Waals surface area (Å²) < 4.78 is 2.66. The van der Waals surface area contributed by atoms with Gasteiger partial charge in [0.05, 0.1) is 11.0 Å². The van der Waals surface area contributed by atoms with Crippen molar-refractivity contribution in [1.82, 2.24) is 15.0 Å². The van der Waals surface area contributed by atoms with E-state index < -0.39 is 0 Å². The quantitative estimate of drug-likeness (QED) is 0.257. The molecule has 0 saturated carbocycles. The molecule has 154 valence electrons. The molecular formula is C29H17N3S. The zero-order valence-electron chi connectivity index (χ0n) is 17.6. The zero-order valence-corrected chi connectivity index (χ0v) is 18.4. The van der Waals surface area contributed by atoms with Gasteiger partial charge in [-0.15, -0.1) is 11.3 Å². The summed E-state index contributed by atoms with van der Waals surface area (Å²) >= 11 is 1.85. The summed E-state index contributed by atoms with van der Waals surface area (Å²) in [5.74, 6) is 0. The molecule has 0 amide bonds. The van der Waals surface area contributed by atoms with Crippen LogP contribution in [0.5, 0.6) is 0 Å². The number of hydrogen-bond acceptors (Lipinski definition) is 4. The normalized spacial score (nSPS) is 11.6. The lowest BCUT2D eigenvalue weighted by molar-refractivity contribution is 1.29. The monoisotopic (exact) mass is 439 g/mol. The fourth-order valence-electron chi connectivity index (χ4n) is 4.65. The van der Waals surface area contributed by atoms with Crippen molar-refractivity contribution in [3.05, 3.63) is 104 Å². The van der Waals surface area contributed by atoms with E-state index in [1.165, 1.54) is 31.3 Å². The van der Waals surface area contributed by atoms with Crippen molar-refractivity contribution < 1.29 is 0 Å². The predicted octanol–water partition coefficient (Wildman–Crippen LogP) is 7.88. The van der Waals surface area contributed by atoms with E-state index in [1.807, 2.05) is 23.6 Å². The molecule has 0 aliphatic carbocycles. The highest BCUT2D eigenvalue weighted by molar-refractivity contribution is 7.25. The Hall–Kier alpha value is -4.15. The first-order valence-corrected chi connectivity index (χ1v) is 11.7. The number of pyridine rings is 1. The summed E-state index contributed by atoms with van der Waals surface area (Å²) in [5.41, 5.74) is 7.35. The number of thiophene rings is 1. The van der Waals surface area contributed by atoms with Crippen LogP contribution in [0.25, 0.3) is 64.4 Å². The third-order valence-electron chi connectivity index (χ3n) is 6.25. The molecule has 7 rings (SSSR count). The maximum absolute atomic E-state index is 4.61. The van der Waals surface area contributed by atoms with Crippen LogP contribution in [0.15, 0.2) is 104 Å². The standard InChI is InChI=1S/C29H17N3S/c1-2-4-26-22(3-1)24-17-20(9-12-27(24)33-26)18-5-7-19(8-6-18)21-13-14-31-28-23(21)10-11-25-29(28)32-16-15-30-25/h1-17H. The van der Waals surface area contributed by atoms with E-state index in [0.717, 1.165) is 33.1 Å². The van der Waals surface area contributed by atoms with E-state index in [4.69, 9.17) is 0 Å². The van der Waals surface area contributed by atoms with Crippen LogP contribution in [0.2, 0.25) is 0 Å². The summed E-state index contributed by atoms with van der Waals surface area (Å²) in [4.78, 5) is 13.5. The molecule has 7 aromatic rings. The number of benzene rings is 4. The van der Waals surface area contributed by atoms with E-state index in [2.05, 4.69) is 93.8 Å². The van der Waals surface area contributed by atoms with Gasteiger partial charge >= 0.3 is 0 Å². The lowest BCUT2D eigenvalue weighted by atomic mass is 9.97. The second kappa shape index (κ2) is 7.19. The van der Waals surface area contributed by atoms with Gasteiger partial charge in [-0.3, -0.25) is 15.0 Å². The minimum Gasteiger partial charge on any atom is -0.254 e. The topological polar surface area (TPSA) is 38.7 Å². The maximum atomic E-state index is 4.61. The molecule has 0 bridgehead atoms. The Morgan fingerprint density at radius 3 is 2.18 bits per heavy atom. The molecule has 0 radical (unpaired) electrons. The summed E-state index contributed by atoms with van der Waals surface area (Å²) in [5, 5.41) is 3.74. The Morgan fingerprint density at radius 2 is 1.24 bits per heavy atom. The molecule has 0 N–H and O–H groups in total. The van der Waals surface area contributed by atoms with Gasteiger partial charge < -0.3 is 0 Å². The number of aromatic nitrogens is 3. The second-order valence-electron chi connectivity index (χ2n) is 8.13. The Balaban J connectivity index is 1.33. The number of rotatable bonds is 2. The van der Waals surface area contributed by atoms with Crippen molar-refractivity contribution in [2.45, 2.75) is 0 Å². The Bertz CT molecular complexity index is 1820. The minimum absolute atomic E-state index is 0.838. The van der Waals surface area contributed by atoms with Crippen molar-refractivity contribution >= 4 is 53.4 Å². The van der Waals surface area contributed by atoms with Crippen LogP contribution in [-0.4, -0.2) is 15.0 Å².